The molecule has 0 unspecified atom stereocenters. The van der Waals surface area contributed by atoms with Crippen molar-refractivity contribution in [1.82, 2.24) is 0 Å². The summed E-state index contributed by atoms with van der Waals surface area (Å²) in [4.78, 5) is 24.5. The van der Waals surface area contributed by atoms with Gasteiger partial charge in [0.25, 0.3) is 0 Å². The van der Waals surface area contributed by atoms with Gasteiger partial charge in [-0.25, -0.2) is 0 Å². The van der Waals surface area contributed by atoms with E-state index in [1.807, 2.05) is 0 Å². The van der Waals surface area contributed by atoms with Crippen LogP contribution in [0.5, 0.6) is 0 Å². The van der Waals surface area contributed by atoms with E-state index in [1.165, 1.54) is 0 Å². The third kappa shape index (κ3) is 2.50. The molecular formula is C9H12N2O3. The van der Waals surface area contributed by atoms with Gasteiger partial charge < -0.3 is 10.6 Å². The van der Waals surface area contributed by atoms with Gasteiger partial charge in [0.05, 0.1) is 5.92 Å². The average molecular weight is 196 g/mol. The van der Waals surface area contributed by atoms with Gasteiger partial charge in [-0.1, -0.05) is 0 Å². The highest BCUT2D eigenvalue weighted by atomic mass is 16.4. The molecule has 0 amide bonds. The molecule has 76 valence electrons. The zero-order valence-electron chi connectivity index (χ0n) is 7.72. The second-order valence-corrected chi connectivity index (χ2v) is 3.53. The normalized spacial score (nSPS) is 26.3. The van der Waals surface area contributed by atoms with Crippen LogP contribution in [-0.4, -0.2) is 27.9 Å². The first-order chi connectivity index (χ1) is 6.65. The third-order valence-electron chi connectivity index (χ3n) is 2.66. The van der Waals surface area contributed by atoms with E-state index in [0.29, 0.717) is 25.7 Å². The first-order valence-electron chi connectivity index (χ1n) is 4.59. The molecule has 14 heavy (non-hydrogen) atoms. The molecule has 0 bridgehead atoms. The highest BCUT2D eigenvalue weighted by Crippen LogP contribution is 2.28. The molecule has 0 aromatic rings. The molecule has 1 aliphatic rings. The fraction of sp³-hybridized carbons (Fsp3) is 0.667. The largest absolute Gasteiger partial charge is 0.481 e. The molecule has 5 heteroatoms. The van der Waals surface area contributed by atoms with E-state index in [-0.39, 0.29) is 17.6 Å². The Labute approximate surface area is 81.4 Å². The summed E-state index contributed by atoms with van der Waals surface area (Å²) in [6.07, 6.45) is 3.10. The molecule has 5 nitrogen and oxygen atoms in total. The lowest BCUT2D eigenvalue weighted by Crippen LogP contribution is -2.26. The van der Waals surface area contributed by atoms with Crippen LogP contribution in [0.15, 0.2) is 0 Å². The van der Waals surface area contributed by atoms with Gasteiger partial charge in [-0.15, -0.1) is 0 Å². The number of carboxylic acids is 1. The Balaban J connectivity index is 2.46. The van der Waals surface area contributed by atoms with E-state index < -0.39 is 5.97 Å². The fourth-order valence-electron chi connectivity index (χ4n) is 1.79. The minimum Gasteiger partial charge on any atom is -0.481 e. The van der Waals surface area contributed by atoms with Crippen molar-refractivity contribution in [3.63, 3.8) is 0 Å². The average Bonchev–Trinajstić information content (AvgIpc) is 2.18. The molecule has 1 fully saturated rings. The highest BCUT2D eigenvalue weighted by molar-refractivity contribution is 6.26. The lowest BCUT2D eigenvalue weighted by molar-refractivity contribution is -0.143. The maximum absolute atomic E-state index is 11.2. The summed E-state index contributed by atoms with van der Waals surface area (Å²) in [5.41, 5.74) is 8.16. The van der Waals surface area contributed by atoms with Crippen LogP contribution in [0.25, 0.3) is 5.53 Å². The molecule has 0 radical (unpaired) electrons. The zero-order chi connectivity index (χ0) is 10.6. The molecular weight excluding hydrogens is 184 g/mol. The zero-order valence-corrected chi connectivity index (χ0v) is 7.72. The van der Waals surface area contributed by atoms with Gasteiger partial charge in [-0.05, 0) is 25.7 Å². The van der Waals surface area contributed by atoms with Crippen molar-refractivity contribution in [2.45, 2.75) is 25.7 Å². The molecule has 0 saturated heterocycles. The van der Waals surface area contributed by atoms with Crippen molar-refractivity contribution in [3.05, 3.63) is 5.53 Å². The van der Waals surface area contributed by atoms with Crippen molar-refractivity contribution >= 4 is 18.0 Å². The van der Waals surface area contributed by atoms with Gasteiger partial charge in [-0.3, -0.25) is 9.59 Å². The Morgan fingerprint density at radius 3 is 2.14 bits per heavy atom. The second-order valence-electron chi connectivity index (χ2n) is 3.53. The van der Waals surface area contributed by atoms with Crippen molar-refractivity contribution in [2.24, 2.45) is 11.8 Å². The van der Waals surface area contributed by atoms with Crippen LogP contribution in [0.1, 0.15) is 25.7 Å². The molecule has 1 aliphatic carbocycles. The van der Waals surface area contributed by atoms with Crippen LogP contribution < -0.4 is 0 Å². The van der Waals surface area contributed by atoms with Gasteiger partial charge in [0, 0.05) is 5.92 Å². The monoisotopic (exact) mass is 196 g/mol. The van der Waals surface area contributed by atoms with Gasteiger partial charge in [-0.2, -0.15) is 4.79 Å². The molecule has 0 spiro atoms. The first-order valence-corrected chi connectivity index (χ1v) is 4.59. The summed E-state index contributed by atoms with van der Waals surface area (Å²) < 4.78 is 0. The van der Waals surface area contributed by atoms with Crippen molar-refractivity contribution in [3.8, 4) is 0 Å². The number of carbonyl (C=O) groups is 2. The molecule has 1 rings (SSSR count). The quantitative estimate of drug-likeness (QED) is 0.410. The minimum absolute atomic E-state index is 0.165. The summed E-state index contributed by atoms with van der Waals surface area (Å²) in [5.74, 6) is -1.48. The van der Waals surface area contributed by atoms with E-state index >= 15 is 0 Å². The topological polar surface area (TPSA) is 90.8 Å². The SMILES string of the molecule is [N-]=[N+]=CC(=O)C1CCC(C(=O)O)CC1. The smallest absolute Gasteiger partial charge is 0.323 e. The predicted molar refractivity (Wildman–Crippen MR) is 47.8 cm³/mol. The van der Waals surface area contributed by atoms with Crippen LogP contribution in [0.4, 0.5) is 0 Å². The molecule has 0 atom stereocenters. The second kappa shape index (κ2) is 4.67. The van der Waals surface area contributed by atoms with E-state index in [2.05, 4.69) is 4.79 Å². The fourth-order valence-corrected chi connectivity index (χ4v) is 1.79. The van der Waals surface area contributed by atoms with Crippen LogP contribution in [0, 0.1) is 11.8 Å². The number of rotatable bonds is 3. The number of Topliss-reactive ketones (excluding diaryl/α,β-unsaturated/α-hetero) is 1. The summed E-state index contributed by atoms with van der Waals surface area (Å²) in [7, 11) is 0. The Morgan fingerprint density at radius 2 is 1.71 bits per heavy atom. The van der Waals surface area contributed by atoms with Gasteiger partial charge >= 0.3 is 12.2 Å². The van der Waals surface area contributed by atoms with E-state index in [4.69, 9.17) is 10.6 Å². The summed E-state index contributed by atoms with van der Waals surface area (Å²) in [6, 6.07) is 0. The maximum atomic E-state index is 11.2. The third-order valence-corrected chi connectivity index (χ3v) is 2.66. The maximum Gasteiger partial charge on any atom is 0.323 e. The number of nitrogens with zero attached hydrogens (tertiary/aromatic N) is 2. The minimum atomic E-state index is -0.785. The molecule has 1 saturated carbocycles. The van der Waals surface area contributed by atoms with Crippen LogP contribution in [0.3, 0.4) is 0 Å². The van der Waals surface area contributed by atoms with Crippen LogP contribution in [0.2, 0.25) is 0 Å². The molecule has 0 heterocycles. The Bertz CT molecular complexity index is 286. The van der Waals surface area contributed by atoms with Crippen molar-refractivity contribution < 1.29 is 19.5 Å². The number of hydrogen-bond acceptors (Lipinski definition) is 2. The summed E-state index contributed by atoms with van der Waals surface area (Å²) >= 11 is 0. The lowest BCUT2D eigenvalue weighted by atomic mass is 9.80. The first kappa shape index (κ1) is 10.6. The Kier molecular flexibility index (Phi) is 3.54. The molecule has 0 aromatic heterocycles. The molecule has 0 aliphatic heterocycles. The van der Waals surface area contributed by atoms with E-state index in [9.17, 15) is 9.59 Å². The highest BCUT2D eigenvalue weighted by Gasteiger charge is 2.30. The number of ketones is 1. The Morgan fingerprint density at radius 1 is 1.21 bits per heavy atom. The van der Waals surface area contributed by atoms with E-state index in [1.54, 1.807) is 0 Å². The van der Waals surface area contributed by atoms with Gasteiger partial charge in [0.2, 0.25) is 5.78 Å². The van der Waals surface area contributed by atoms with Crippen molar-refractivity contribution in [2.75, 3.05) is 0 Å². The predicted octanol–water partition coefficient (Wildman–Crippen LogP) is 0.747. The molecule has 0 aromatic carbocycles. The standard InChI is InChI=1S/C9H12N2O3/c10-11-5-8(12)6-1-3-7(4-2-6)9(13)14/h5-7H,1-4H2,(H,13,14). The lowest BCUT2D eigenvalue weighted by Gasteiger charge is -2.22. The van der Waals surface area contributed by atoms with Gasteiger partial charge in [0.1, 0.15) is 0 Å². The number of aliphatic carboxylic acids is 1. The number of carboxylic acid groups (broad SMARTS) is 1. The van der Waals surface area contributed by atoms with E-state index in [0.717, 1.165) is 6.21 Å². The molecule has 1 N–H and O–H groups in total. The summed E-state index contributed by atoms with van der Waals surface area (Å²) in [5, 5.41) is 8.72. The van der Waals surface area contributed by atoms with Crippen LogP contribution >= 0.6 is 0 Å². The number of carbonyl (C=O) groups excluding carboxylic acids is 1. The van der Waals surface area contributed by atoms with Gasteiger partial charge in [0.15, 0.2) is 0 Å². The van der Waals surface area contributed by atoms with Crippen molar-refractivity contribution in [1.29, 1.82) is 0 Å². The van der Waals surface area contributed by atoms with Crippen LogP contribution in [-0.2, 0) is 9.59 Å². The number of hydrogen-bond donors (Lipinski definition) is 1. The Hall–Kier alpha value is -1.48. The summed E-state index contributed by atoms with van der Waals surface area (Å²) in [6.45, 7) is 0.